The predicted octanol–water partition coefficient (Wildman–Crippen LogP) is 2.82. The molecule has 0 spiro atoms. The predicted molar refractivity (Wildman–Crippen MR) is 82.9 cm³/mol. The average Bonchev–Trinajstić information content (AvgIpc) is 2.46. The van der Waals surface area contributed by atoms with Crippen LogP contribution in [0.15, 0.2) is 30.3 Å². The van der Waals surface area contributed by atoms with Crippen LogP contribution in [0.4, 0.5) is 5.82 Å². The number of carbonyl (C=O) groups excluding carboxylic acids is 1. The van der Waals surface area contributed by atoms with Gasteiger partial charge in [-0.3, -0.25) is 4.79 Å². The number of nitrogens with one attached hydrogen (secondary N) is 1. The van der Waals surface area contributed by atoms with E-state index in [2.05, 4.69) is 16.4 Å². The van der Waals surface area contributed by atoms with Gasteiger partial charge in [0.25, 0.3) is 0 Å². The molecule has 1 aromatic heterocycles. The average molecular weight is 271 g/mol. The summed E-state index contributed by atoms with van der Waals surface area (Å²) >= 11 is 0. The Labute approximate surface area is 119 Å². The van der Waals surface area contributed by atoms with Crippen molar-refractivity contribution in [1.82, 2.24) is 9.88 Å². The second-order valence-corrected chi connectivity index (χ2v) is 4.77. The molecule has 2 rings (SSSR count). The van der Waals surface area contributed by atoms with E-state index >= 15 is 0 Å². The first-order valence-corrected chi connectivity index (χ1v) is 7.03. The number of pyridine rings is 1. The van der Waals surface area contributed by atoms with E-state index in [0.717, 1.165) is 35.4 Å². The number of rotatable bonds is 5. The van der Waals surface area contributed by atoms with Crippen LogP contribution in [0, 0.1) is 6.92 Å². The van der Waals surface area contributed by atoms with Gasteiger partial charge in [0.15, 0.2) is 0 Å². The lowest BCUT2D eigenvalue weighted by atomic mass is 10.1. The molecule has 0 saturated heterocycles. The first-order valence-electron chi connectivity index (χ1n) is 7.03. The zero-order chi connectivity index (χ0) is 14.5. The highest BCUT2D eigenvalue weighted by Gasteiger charge is 2.10. The Kier molecular flexibility index (Phi) is 4.56. The second-order valence-electron chi connectivity index (χ2n) is 4.77. The van der Waals surface area contributed by atoms with E-state index < -0.39 is 0 Å². The highest BCUT2D eigenvalue weighted by Crippen LogP contribution is 2.19. The van der Waals surface area contributed by atoms with E-state index in [0.29, 0.717) is 0 Å². The van der Waals surface area contributed by atoms with Crippen molar-refractivity contribution in [2.45, 2.75) is 20.8 Å². The number of hydrogen-bond donors (Lipinski definition) is 1. The van der Waals surface area contributed by atoms with Crippen molar-refractivity contribution in [2.75, 3.05) is 25.0 Å². The first-order chi connectivity index (χ1) is 9.65. The van der Waals surface area contributed by atoms with Crippen molar-refractivity contribution >= 4 is 22.6 Å². The van der Waals surface area contributed by atoms with Crippen molar-refractivity contribution in [1.29, 1.82) is 0 Å². The molecule has 0 saturated carbocycles. The molecule has 1 aromatic carbocycles. The number of aryl methyl sites for hydroxylation is 1. The van der Waals surface area contributed by atoms with Crippen LogP contribution >= 0.6 is 0 Å². The SMILES string of the molecule is CCN(CC)C(=O)CNc1nc2ccccc2cc1C. The lowest BCUT2D eigenvalue weighted by Gasteiger charge is -2.19. The van der Waals surface area contributed by atoms with Crippen molar-refractivity contribution in [2.24, 2.45) is 0 Å². The first kappa shape index (κ1) is 14.3. The van der Waals surface area contributed by atoms with Crippen LogP contribution in [0.2, 0.25) is 0 Å². The third-order valence-corrected chi connectivity index (χ3v) is 3.44. The zero-order valence-electron chi connectivity index (χ0n) is 12.3. The van der Waals surface area contributed by atoms with Gasteiger partial charge in [-0.15, -0.1) is 0 Å². The van der Waals surface area contributed by atoms with Crippen LogP contribution in [-0.4, -0.2) is 35.4 Å². The van der Waals surface area contributed by atoms with Crippen molar-refractivity contribution in [3.05, 3.63) is 35.9 Å². The maximum Gasteiger partial charge on any atom is 0.241 e. The van der Waals surface area contributed by atoms with E-state index in [1.165, 1.54) is 0 Å². The van der Waals surface area contributed by atoms with Gasteiger partial charge in [0.05, 0.1) is 12.1 Å². The molecular weight excluding hydrogens is 250 g/mol. The Morgan fingerprint density at radius 1 is 1.25 bits per heavy atom. The highest BCUT2D eigenvalue weighted by atomic mass is 16.2. The van der Waals surface area contributed by atoms with Crippen LogP contribution in [0.5, 0.6) is 0 Å². The Bertz CT molecular complexity index is 606. The normalized spacial score (nSPS) is 10.6. The Morgan fingerprint density at radius 2 is 1.95 bits per heavy atom. The molecule has 1 heterocycles. The molecular formula is C16H21N3O. The molecule has 20 heavy (non-hydrogen) atoms. The van der Waals surface area contributed by atoms with Crippen molar-refractivity contribution in [3.8, 4) is 0 Å². The van der Waals surface area contributed by atoms with Gasteiger partial charge < -0.3 is 10.2 Å². The van der Waals surface area contributed by atoms with Gasteiger partial charge in [0.2, 0.25) is 5.91 Å². The Morgan fingerprint density at radius 3 is 2.65 bits per heavy atom. The quantitative estimate of drug-likeness (QED) is 0.909. The topological polar surface area (TPSA) is 45.2 Å². The molecule has 1 N–H and O–H groups in total. The number of hydrogen-bond acceptors (Lipinski definition) is 3. The van der Waals surface area contributed by atoms with Crippen LogP contribution in [0.25, 0.3) is 10.9 Å². The van der Waals surface area contributed by atoms with Crippen LogP contribution in [-0.2, 0) is 4.79 Å². The van der Waals surface area contributed by atoms with Gasteiger partial charge >= 0.3 is 0 Å². The largest absolute Gasteiger partial charge is 0.361 e. The standard InChI is InChI=1S/C16H21N3O/c1-4-19(5-2)15(20)11-17-16-12(3)10-13-8-6-7-9-14(13)18-16/h6-10H,4-5,11H2,1-3H3,(H,17,18). The number of para-hydroxylation sites is 1. The fraction of sp³-hybridized carbons (Fsp3) is 0.375. The van der Waals surface area contributed by atoms with Gasteiger partial charge in [-0.25, -0.2) is 4.98 Å². The van der Waals surface area contributed by atoms with Gasteiger partial charge in [0, 0.05) is 18.5 Å². The highest BCUT2D eigenvalue weighted by molar-refractivity contribution is 5.84. The van der Waals surface area contributed by atoms with E-state index in [-0.39, 0.29) is 12.5 Å². The maximum atomic E-state index is 12.0. The molecule has 0 aliphatic carbocycles. The van der Waals surface area contributed by atoms with E-state index in [1.54, 1.807) is 0 Å². The van der Waals surface area contributed by atoms with Gasteiger partial charge in [-0.2, -0.15) is 0 Å². The number of carbonyl (C=O) groups is 1. The zero-order valence-corrected chi connectivity index (χ0v) is 12.3. The Hall–Kier alpha value is -2.10. The fourth-order valence-electron chi connectivity index (χ4n) is 2.25. The maximum absolute atomic E-state index is 12.0. The third kappa shape index (κ3) is 3.07. The number of aromatic nitrogens is 1. The summed E-state index contributed by atoms with van der Waals surface area (Å²) in [7, 11) is 0. The number of anilines is 1. The van der Waals surface area contributed by atoms with E-state index in [9.17, 15) is 4.79 Å². The van der Waals surface area contributed by atoms with E-state index in [4.69, 9.17) is 0 Å². The molecule has 0 aliphatic rings. The molecule has 0 fully saturated rings. The minimum atomic E-state index is 0.101. The summed E-state index contributed by atoms with van der Waals surface area (Å²) in [6, 6.07) is 10.1. The summed E-state index contributed by atoms with van der Waals surface area (Å²) in [6.45, 7) is 7.74. The summed E-state index contributed by atoms with van der Waals surface area (Å²) in [6.07, 6.45) is 0. The lowest BCUT2D eigenvalue weighted by molar-refractivity contribution is -0.128. The fourth-order valence-corrected chi connectivity index (χ4v) is 2.25. The monoisotopic (exact) mass is 271 g/mol. The van der Waals surface area contributed by atoms with Gasteiger partial charge in [-0.1, -0.05) is 18.2 Å². The second kappa shape index (κ2) is 6.37. The molecule has 106 valence electrons. The minimum Gasteiger partial charge on any atom is -0.361 e. The number of likely N-dealkylation sites (N-methyl/N-ethyl adjacent to an activating group) is 1. The molecule has 4 nitrogen and oxygen atoms in total. The number of benzene rings is 1. The number of nitrogens with zero attached hydrogens (tertiary/aromatic N) is 2. The molecule has 0 unspecified atom stereocenters. The van der Waals surface area contributed by atoms with E-state index in [1.807, 2.05) is 49.9 Å². The molecule has 0 bridgehead atoms. The molecule has 0 aliphatic heterocycles. The van der Waals surface area contributed by atoms with Crippen molar-refractivity contribution in [3.63, 3.8) is 0 Å². The lowest BCUT2D eigenvalue weighted by Crippen LogP contribution is -2.35. The molecule has 2 aromatic rings. The number of fused-ring (bicyclic) bond motifs is 1. The summed E-state index contributed by atoms with van der Waals surface area (Å²) in [4.78, 5) is 18.4. The summed E-state index contributed by atoms with van der Waals surface area (Å²) in [5.41, 5.74) is 1.99. The van der Waals surface area contributed by atoms with Gasteiger partial charge in [0.1, 0.15) is 5.82 Å². The van der Waals surface area contributed by atoms with Crippen molar-refractivity contribution < 1.29 is 4.79 Å². The number of amides is 1. The summed E-state index contributed by atoms with van der Waals surface area (Å²) < 4.78 is 0. The summed E-state index contributed by atoms with van der Waals surface area (Å²) in [5, 5.41) is 4.27. The van der Waals surface area contributed by atoms with Crippen LogP contribution < -0.4 is 5.32 Å². The van der Waals surface area contributed by atoms with Crippen LogP contribution in [0.3, 0.4) is 0 Å². The Balaban J connectivity index is 2.13. The van der Waals surface area contributed by atoms with Crippen LogP contribution in [0.1, 0.15) is 19.4 Å². The smallest absolute Gasteiger partial charge is 0.241 e. The summed E-state index contributed by atoms with van der Waals surface area (Å²) in [5.74, 6) is 0.883. The molecule has 4 heteroatoms. The van der Waals surface area contributed by atoms with Gasteiger partial charge in [-0.05, 0) is 38.5 Å². The molecule has 1 amide bonds. The third-order valence-electron chi connectivity index (χ3n) is 3.44. The minimum absolute atomic E-state index is 0.101. The molecule has 0 radical (unpaired) electrons. The molecule has 0 atom stereocenters.